The third-order valence-electron chi connectivity index (χ3n) is 4.03. The van der Waals surface area contributed by atoms with Crippen LogP contribution in [0.4, 0.5) is 9.52 Å². The first-order valence-corrected chi connectivity index (χ1v) is 7.74. The molecule has 0 radical (unpaired) electrons. The van der Waals surface area contributed by atoms with E-state index in [1.54, 1.807) is 23.5 Å². The molecule has 2 aromatic rings. The molecule has 20 heavy (non-hydrogen) atoms. The van der Waals surface area contributed by atoms with Crippen LogP contribution >= 0.6 is 11.3 Å². The Hall–Kier alpha value is -1.24. The van der Waals surface area contributed by atoms with Crippen molar-refractivity contribution in [1.82, 2.24) is 9.88 Å². The molecule has 0 bridgehead atoms. The van der Waals surface area contributed by atoms with Crippen LogP contribution in [0.1, 0.15) is 0 Å². The standard InChI is InChI=1S/C14H16FN3OS/c15-10-1-2-12-13(7-10)20-14(16-12)18-8-11(9-18)17-3-5-19-6-4-17/h1-2,7,11H,3-6,8-9H2. The Morgan fingerprint density at radius 1 is 1.25 bits per heavy atom. The number of morpholine rings is 1. The van der Waals surface area contributed by atoms with Crippen LogP contribution in [0.15, 0.2) is 18.2 Å². The second-order valence-electron chi connectivity index (χ2n) is 5.32. The minimum absolute atomic E-state index is 0.192. The van der Waals surface area contributed by atoms with Crippen molar-refractivity contribution in [1.29, 1.82) is 0 Å². The van der Waals surface area contributed by atoms with Gasteiger partial charge in [0.15, 0.2) is 5.13 Å². The zero-order valence-electron chi connectivity index (χ0n) is 11.1. The summed E-state index contributed by atoms with van der Waals surface area (Å²) in [5, 5.41) is 1.01. The molecule has 1 aromatic heterocycles. The molecule has 2 aliphatic heterocycles. The van der Waals surface area contributed by atoms with Crippen LogP contribution < -0.4 is 4.90 Å². The predicted octanol–water partition coefficient (Wildman–Crippen LogP) is 1.96. The fourth-order valence-electron chi connectivity index (χ4n) is 2.81. The number of thiazole rings is 1. The fraction of sp³-hybridized carbons (Fsp3) is 0.500. The van der Waals surface area contributed by atoms with Crippen molar-refractivity contribution in [2.75, 3.05) is 44.3 Å². The molecule has 0 N–H and O–H groups in total. The molecule has 3 heterocycles. The summed E-state index contributed by atoms with van der Waals surface area (Å²) in [6.07, 6.45) is 0. The van der Waals surface area contributed by atoms with E-state index in [0.717, 1.165) is 54.7 Å². The Kier molecular flexibility index (Phi) is 3.09. The number of halogens is 1. The van der Waals surface area contributed by atoms with E-state index in [1.165, 1.54) is 6.07 Å². The Balaban J connectivity index is 1.46. The molecule has 106 valence electrons. The lowest BCUT2D eigenvalue weighted by Crippen LogP contribution is -2.61. The van der Waals surface area contributed by atoms with E-state index in [2.05, 4.69) is 14.8 Å². The molecule has 1 aromatic carbocycles. The third kappa shape index (κ3) is 2.17. The first-order chi connectivity index (χ1) is 9.79. The first kappa shape index (κ1) is 12.5. The molecule has 0 spiro atoms. The number of hydrogen-bond acceptors (Lipinski definition) is 5. The monoisotopic (exact) mass is 293 g/mol. The maximum atomic E-state index is 13.2. The van der Waals surface area contributed by atoms with Crippen molar-refractivity contribution in [3.05, 3.63) is 24.0 Å². The summed E-state index contributed by atoms with van der Waals surface area (Å²) >= 11 is 1.58. The third-order valence-corrected chi connectivity index (χ3v) is 5.11. The van der Waals surface area contributed by atoms with Gasteiger partial charge in [-0.05, 0) is 18.2 Å². The molecule has 6 heteroatoms. The Morgan fingerprint density at radius 3 is 2.85 bits per heavy atom. The van der Waals surface area contributed by atoms with E-state index in [4.69, 9.17) is 4.74 Å². The smallest absolute Gasteiger partial charge is 0.186 e. The van der Waals surface area contributed by atoms with Crippen LogP contribution in [0, 0.1) is 5.82 Å². The molecule has 0 unspecified atom stereocenters. The summed E-state index contributed by atoms with van der Waals surface area (Å²) < 4.78 is 19.5. The van der Waals surface area contributed by atoms with Crippen LogP contribution in [-0.2, 0) is 4.74 Å². The fourth-order valence-corrected chi connectivity index (χ4v) is 3.82. The van der Waals surface area contributed by atoms with Gasteiger partial charge in [0, 0.05) is 32.2 Å². The number of hydrogen-bond donors (Lipinski definition) is 0. The summed E-state index contributed by atoms with van der Waals surface area (Å²) in [5.74, 6) is -0.192. The lowest BCUT2D eigenvalue weighted by molar-refractivity contribution is 0.0105. The molecule has 0 atom stereocenters. The predicted molar refractivity (Wildman–Crippen MR) is 78.0 cm³/mol. The first-order valence-electron chi connectivity index (χ1n) is 6.92. The van der Waals surface area contributed by atoms with Crippen molar-refractivity contribution >= 4 is 26.7 Å². The second kappa shape index (κ2) is 4.95. The van der Waals surface area contributed by atoms with Crippen LogP contribution in [0.5, 0.6) is 0 Å². The van der Waals surface area contributed by atoms with Crippen molar-refractivity contribution in [2.45, 2.75) is 6.04 Å². The normalized spacial score (nSPS) is 21.4. The molecule has 2 aliphatic rings. The molecule has 4 nitrogen and oxygen atoms in total. The molecule has 4 rings (SSSR count). The maximum absolute atomic E-state index is 13.2. The molecular formula is C14H16FN3OS. The summed E-state index contributed by atoms with van der Waals surface area (Å²) in [6, 6.07) is 5.40. The summed E-state index contributed by atoms with van der Waals surface area (Å²) in [7, 11) is 0. The number of ether oxygens (including phenoxy) is 1. The van der Waals surface area contributed by atoms with Crippen molar-refractivity contribution in [3.63, 3.8) is 0 Å². The molecule has 0 amide bonds. The quantitative estimate of drug-likeness (QED) is 0.846. The van der Waals surface area contributed by atoms with E-state index < -0.39 is 0 Å². The molecule has 2 fully saturated rings. The lowest BCUT2D eigenvalue weighted by Gasteiger charge is -2.46. The molecule has 2 saturated heterocycles. The number of benzene rings is 1. The van der Waals surface area contributed by atoms with E-state index >= 15 is 0 Å². The molecular weight excluding hydrogens is 277 g/mol. The van der Waals surface area contributed by atoms with E-state index in [1.807, 2.05) is 0 Å². The second-order valence-corrected chi connectivity index (χ2v) is 6.32. The molecule has 0 saturated carbocycles. The summed E-state index contributed by atoms with van der Waals surface area (Å²) in [6.45, 7) is 5.78. The van der Waals surface area contributed by atoms with Gasteiger partial charge in [0.2, 0.25) is 0 Å². The Bertz CT molecular complexity index is 620. The van der Waals surface area contributed by atoms with Crippen LogP contribution in [0.3, 0.4) is 0 Å². The highest BCUT2D eigenvalue weighted by Crippen LogP contribution is 2.32. The number of rotatable bonds is 2. The lowest BCUT2D eigenvalue weighted by atomic mass is 10.1. The zero-order valence-corrected chi connectivity index (χ0v) is 11.9. The van der Waals surface area contributed by atoms with Crippen molar-refractivity contribution in [2.24, 2.45) is 0 Å². The number of anilines is 1. The number of aromatic nitrogens is 1. The van der Waals surface area contributed by atoms with Crippen molar-refractivity contribution in [3.8, 4) is 0 Å². The van der Waals surface area contributed by atoms with E-state index in [-0.39, 0.29) is 5.82 Å². The van der Waals surface area contributed by atoms with Gasteiger partial charge in [0.1, 0.15) is 5.82 Å². The Morgan fingerprint density at radius 2 is 2.05 bits per heavy atom. The summed E-state index contributed by atoms with van der Waals surface area (Å²) in [4.78, 5) is 9.36. The van der Waals surface area contributed by atoms with Crippen LogP contribution in [-0.4, -0.2) is 55.3 Å². The zero-order chi connectivity index (χ0) is 13.5. The van der Waals surface area contributed by atoms with Gasteiger partial charge in [-0.15, -0.1) is 0 Å². The van der Waals surface area contributed by atoms with Gasteiger partial charge in [0.05, 0.1) is 23.4 Å². The SMILES string of the molecule is Fc1ccc2nc(N3CC(N4CCOCC4)C3)sc2c1. The van der Waals surface area contributed by atoms with Gasteiger partial charge >= 0.3 is 0 Å². The largest absolute Gasteiger partial charge is 0.379 e. The minimum Gasteiger partial charge on any atom is -0.379 e. The van der Waals surface area contributed by atoms with Crippen LogP contribution in [0.25, 0.3) is 10.2 Å². The highest BCUT2D eigenvalue weighted by Gasteiger charge is 2.34. The van der Waals surface area contributed by atoms with Gasteiger partial charge in [-0.25, -0.2) is 9.37 Å². The van der Waals surface area contributed by atoms with Gasteiger partial charge in [-0.3, -0.25) is 4.90 Å². The maximum Gasteiger partial charge on any atom is 0.186 e. The van der Waals surface area contributed by atoms with Gasteiger partial charge in [0.25, 0.3) is 0 Å². The van der Waals surface area contributed by atoms with E-state index in [0.29, 0.717) is 6.04 Å². The van der Waals surface area contributed by atoms with Gasteiger partial charge < -0.3 is 9.64 Å². The summed E-state index contributed by atoms with van der Waals surface area (Å²) in [5.41, 5.74) is 0.890. The average Bonchev–Trinajstić information content (AvgIpc) is 2.80. The van der Waals surface area contributed by atoms with Gasteiger partial charge in [-0.1, -0.05) is 11.3 Å². The van der Waals surface area contributed by atoms with Gasteiger partial charge in [-0.2, -0.15) is 0 Å². The topological polar surface area (TPSA) is 28.6 Å². The number of nitrogens with zero attached hydrogens (tertiary/aromatic N) is 3. The highest BCUT2D eigenvalue weighted by atomic mass is 32.1. The Labute approximate surface area is 120 Å². The highest BCUT2D eigenvalue weighted by molar-refractivity contribution is 7.22. The van der Waals surface area contributed by atoms with E-state index in [9.17, 15) is 4.39 Å². The van der Waals surface area contributed by atoms with Crippen LogP contribution in [0.2, 0.25) is 0 Å². The molecule has 0 aliphatic carbocycles. The van der Waals surface area contributed by atoms with Crippen molar-refractivity contribution < 1.29 is 9.13 Å². The number of fused-ring (bicyclic) bond motifs is 1. The average molecular weight is 293 g/mol. The minimum atomic E-state index is -0.192.